The second-order valence-corrected chi connectivity index (χ2v) is 7.99. The Morgan fingerprint density at radius 3 is 2.09 bits per heavy atom. The molecule has 0 aliphatic heterocycles. The van der Waals surface area contributed by atoms with E-state index in [2.05, 4.69) is 84.0 Å². The van der Waals surface area contributed by atoms with Crippen LogP contribution in [0.5, 0.6) is 0 Å². The number of hydrogen-bond donors (Lipinski definition) is 0. The summed E-state index contributed by atoms with van der Waals surface area (Å²) in [6.45, 7) is 0. The van der Waals surface area contributed by atoms with Crippen LogP contribution < -0.4 is 0 Å². The highest BCUT2D eigenvalue weighted by Crippen LogP contribution is 2.50. The normalized spacial score (nSPS) is 13.4. The van der Waals surface area contributed by atoms with Crippen LogP contribution in [0.4, 0.5) is 0 Å². The summed E-state index contributed by atoms with van der Waals surface area (Å²) in [6, 6.07) is 27.4. The van der Waals surface area contributed by atoms with Gasteiger partial charge in [-0.15, -0.1) is 23.5 Å². The molecule has 0 N–H and O–H groups in total. The fraction of sp³-hybridized carbons (Fsp3) is 0.150. The van der Waals surface area contributed by atoms with Gasteiger partial charge in [0.25, 0.3) is 0 Å². The lowest BCUT2D eigenvalue weighted by atomic mass is 10.1. The van der Waals surface area contributed by atoms with Crippen molar-refractivity contribution in [2.24, 2.45) is 0 Å². The van der Waals surface area contributed by atoms with Gasteiger partial charge in [-0.2, -0.15) is 0 Å². The zero-order valence-corrected chi connectivity index (χ0v) is 14.7. The predicted octanol–water partition coefficient (Wildman–Crippen LogP) is 5.63. The van der Waals surface area contributed by atoms with Gasteiger partial charge in [-0.3, -0.25) is 4.98 Å². The van der Waals surface area contributed by atoms with Gasteiger partial charge >= 0.3 is 0 Å². The molecule has 3 heteroatoms. The Hall–Kier alpha value is -1.71. The summed E-state index contributed by atoms with van der Waals surface area (Å²) in [5.41, 5.74) is 2.45. The van der Waals surface area contributed by atoms with Crippen molar-refractivity contribution in [2.45, 2.75) is 15.4 Å². The summed E-state index contributed by atoms with van der Waals surface area (Å²) < 4.78 is -0.135. The van der Waals surface area contributed by atoms with Gasteiger partial charge < -0.3 is 0 Å². The Kier molecular flexibility index (Phi) is 5.42. The van der Waals surface area contributed by atoms with Crippen LogP contribution >= 0.6 is 23.5 Å². The third-order valence-electron chi connectivity index (χ3n) is 3.69. The molecule has 0 radical (unpaired) electrons. The highest BCUT2D eigenvalue weighted by molar-refractivity contribution is 8.17. The molecule has 1 heterocycles. The smallest absolute Gasteiger partial charge is 0.111 e. The predicted molar refractivity (Wildman–Crippen MR) is 102 cm³/mol. The van der Waals surface area contributed by atoms with Crippen LogP contribution in [0.25, 0.3) is 0 Å². The van der Waals surface area contributed by atoms with Crippen LogP contribution in [-0.4, -0.2) is 11.2 Å². The van der Waals surface area contributed by atoms with Gasteiger partial charge in [0.05, 0.1) is 5.69 Å². The van der Waals surface area contributed by atoms with Crippen LogP contribution in [0.3, 0.4) is 0 Å². The van der Waals surface area contributed by atoms with Crippen molar-refractivity contribution in [2.75, 3.05) is 6.26 Å². The van der Waals surface area contributed by atoms with Crippen molar-refractivity contribution in [3.8, 4) is 0 Å². The monoisotopic (exact) mass is 337 g/mol. The summed E-state index contributed by atoms with van der Waals surface area (Å²) in [4.78, 5) is 5.94. The number of nitrogens with zero attached hydrogens (tertiary/aromatic N) is 1. The van der Waals surface area contributed by atoms with Crippen molar-refractivity contribution >= 4 is 23.5 Å². The molecule has 0 saturated carbocycles. The molecular formula is C20H19NS2. The Morgan fingerprint density at radius 1 is 0.826 bits per heavy atom. The van der Waals surface area contributed by atoms with Crippen LogP contribution in [-0.2, 0) is 10.5 Å². The summed E-state index contributed by atoms with van der Waals surface area (Å²) in [5, 5.41) is 0. The summed E-state index contributed by atoms with van der Waals surface area (Å²) in [5.74, 6) is 0. The average molecular weight is 338 g/mol. The molecule has 1 aromatic heterocycles. The summed E-state index contributed by atoms with van der Waals surface area (Å²) in [6.07, 6.45) is 5.00. The molecule has 0 fully saturated rings. The number of pyridine rings is 1. The summed E-state index contributed by atoms with van der Waals surface area (Å²) in [7, 11) is 0. The van der Waals surface area contributed by atoms with Gasteiger partial charge in [-0.05, 0) is 36.1 Å². The number of aromatic nitrogens is 1. The van der Waals surface area contributed by atoms with E-state index in [0.29, 0.717) is 0 Å². The van der Waals surface area contributed by atoms with Crippen LogP contribution in [0.2, 0.25) is 0 Å². The van der Waals surface area contributed by atoms with E-state index >= 15 is 0 Å². The minimum atomic E-state index is -0.135. The van der Waals surface area contributed by atoms with Gasteiger partial charge in [-0.25, -0.2) is 0 Å². The van der Waals surface area contributed by atoms with Gasteiger partial charge in [0.1, 0.15) is 4.08 Å². The first-order valence-corrected chi connectivity index (χ1v) is 9.61. The number of benzene rings is 2. The molecule has 3 rings (SSSR count). The highest BCUT2D eigenvalue weighted by atomic mass is 32.2. The number of hydrogen-bond acceptors (Lipinski definition) is 3. The quantitative estimate of drug-likeness (QED) is 0.427. The van der Waals surface area contributed by atoms with Crippen LogP contribution in [0, 0.1) is 0 Å². The second-order valence-electron chi connectivity index (χ2n) is 5.25. The van der Waals surface area contributed by atoms with Crippen molar-refractivity contribution in [1.29, 1.82) is 0 Å². The van der Waals surface area contributed by atoms with E-state index in [1.807, 2.05) is 35.8 Å². The third kappa shape index (κ3) is 3.98. The largest absolute Gasteiger partial charge is 0.259 e. The first-order valence-electron chi connectivity index (χ1n) is 7.57. The third-order valence-corrected chi connectivity index (χ3v) is 6.64. The Morgan fingerprint density at radius 2 is 1.48 bits per heavy atom. The molecule has 0 aliphatic rings. The van der Waals surface area contributed by atoms with Crippen LogP contribution in [0.15, 0.2) is 90.0 Å². The number of thioether (sulfide) groups is 2. The highest BCUT2D eigenvalue weighted by Gasteiger charge is 2.34. The molecule has 116 valence electrons. The standard InChI is InChI=1S/C20H19NS2/c1-22-20(19-14-8-9-15-21-19,16-17-10-4-2-5-11-17)23-18-12-6-3-7-13-18/h2-15H,16H2,1H3. The molecular weight excluding hydrogens is 318 g/mol. The summed E-state index contributed by atoms with van der Waals surface area (Å²) >= 11 is 3.75. The van der Waals surface area contributed by atoms with E-state index in [4.69, 9.17) is 0 Å². The Labute approximate surface area is 146 Å². The van der Waals surface area contributed by atoms with Gasteiger partial charge in [0.15, 0.2) is 0 Å². The molecule has 0 saturated heterocycles. The molecule has 0 aliphatic carbocycles. The first kappa shape index (κ1) is 16.2. The maximum atomic E-state index is 4.67. The lowest BCUT2D eigenvalue weighted by Gasteiger charge is -2.31. The van der Waals surface area contributed by atoms with Gasteiger partial charge in [0.2, 0.25) is 0 Å². The fourth-order valence-corrected chi connectivity index (χ4v) is 4.93. The Bertz CT molecular complexity index is 673. The maximum absolute atomic E-state index is 4.67. The molecule has 3 aromatic rings. The zero-order chi connectivity index (χ0) is 16.0. The van der Waals surface area contributed by atoms with E-state index in [1.54, 1.807) is 0 Å². The second kappa shape index (κ2) is 7.71. The lowest BCUT2D eigenvalue weighted by Crippen LogP contribution is -2.22. The van der Waals surface area contributed by atoms with E-state index in [1.165, 1.54) is 10.5 Å². The van der Waals surface area contributed by atoms with Gasteiger partial charge in [-0.1, -0.05) is 54.6 Å². The first-order chi connectivity index (χ1) is 11.3. The topological polar surface area (TPSA) is 12.9 Å². The fourth-order valence-electron chi connectivity index (χ4n) is 2.53. The maximum Gasteiger partial charge on any atom is 0.111 e. The van der Waals surface area contributed by atoms with E-state index in [0.717, 1.165) is 12.1 Å². The zero-order valence-electron chi connectivity index (χ0n) is 13.1. The van der Waals surface area contributed by atoms with E-state index < -0.39 is 0 Å². The molecule has 1 atom stereocenters. The van der Waals surface area contributed by atoms with Crippen molar-refractivity contribution in [1.82, 2.24) is 4.98 Å². The van der Waals surface area contributed by atoms with Crippen molar-refractivity contribution < 1.29 is 0 Å². The minimum absolute atomic E-state index is 0.135. The SMILES string of the molecule is CSC(Cc1ccccc1)(Sc1ccccc1)c1ccccn1. The van der Waals surface area contributed by atoms with Crippen molar-refractivity contribution in [3.05, 3.63) is 96.3 Å². The van der Waals surface area contributed by atoms with Crippen LogP contribution in [0.1, 0.15) is 11.3 Å². The molecule has 1 unspecified atom stereocenters. The molecule has 1 nitrogen and oxygen atoms in total. The molecule has 0 spiro atoms. The lowest BCUT2D eigenvalue weighted by molar-refractivity contribution is 0.828. The number of rotatable bonds is 6. The molecule has 0 bridgehead atoms. The van der Waals surface area contributed by atoms with Crippen molar-refractivity contribution in [3.63, 3.8) is 0 Å². The minimum Gasteiger partial charge on any atom is -0.259 e. The molecule has 2 aromatic carbocycles. The molecule has 0 amide bonds. The Balaban J connectivity index is 2.00. The van der Waals surface area contributed by atoms with E-state index in [9.17, 15) is 0 Å². The molecule has 23 heavy (non-hydrogen) atoms. The van der Waals surface area contributed by atoms with Gasteiger partial charge in [0, 0.05) is 17.5 Å². The van der Waals surface area contributed by atoms with E-state index in [-0.39, 0.29) is 4.08 Å². The average Bonchev–Trinajstić information content (AvgIpc) is 2.63.